The zero-order chi connectivity index (χ0) is 14.0. The SMILES string of the molecule is Cc1ccc(-c2cccc(C(=O)O)c2C(N)=O)nn1. The summed E-state index contributed by atoms with van der Waals surface area (Å²) in [5.41, 5.74) is 6.55. The number of carbonyl (C=O) groups is 2. The molecular weight excluding hydrogens is 246 g/mol. The first-order valence-corrected chi connectivity index (χ1v) is 5.47. The first-order chi connectivity index (χ1) is 9.00. The third-order valence-electron chi connectivity index (χ3n) is 2.62. The molecule has 6 nitrogen and oxygen atoms in total. The molecule has 19 heavy (non-hydrogen) atoms. The second-order valence-electron chi connectivity index (χ2n) is 3.96. The molecule has 1 amide bonds. The highest BCUT2D eigenvalue weighted by molar-refractivity contribution is 6.08. The fraction of sp³-hybridized carbons (Fsp3) is 0.0769. The van der Waals surface area contributed by atoms with Crippen molar-refractivity contribution in [2.45, 2.75) is 6.92 Å². The molecule has 1 heterocycles. The molecule has 0 fully saturated rings. The van der Waals surface area contributed by atoms with Gasteiger partial charge >= 0.3 is 5.97 Å². The summed E-state index contributed by atoms with van der Waals surface area (Å²) < 4.78 is 0. The third-order valence-corrected chi connectivity index (χ3v) is 2.62. The highest BCUT2D eigenvalue weighted by atomic mass is 16.4. The summed E-state index contributed by atoms with van der Waals surface area (Å²) in [6.07, 6.45) is 0. The van der Waals surface area contributed by atoms with Gasteiger partial charge in [0.2, 0.25) is 5.91 Å². The van der Waals surface area contributed by atoms with Gasteiger partial charge < -0.3 is 10.8 Å². The molecule has 6 heteroatoms. The average Bonchev–Trinajstić information content (AvgIpc) is 2.38. The number of benzene rings is 1. The van der Waals surface area contributed by atoms with Crippen LogP contribution in [0.2, 0.25) is 0 Å². The Bertz CT molecular complexity index is 651. The second kappa shape index (κ2) is 4.85. The summed E-state index contributed by atoms with van der Waals surface area (Å²) in [6.45, 7) is 1.78. The van der Waals surface area contributed by atoms with Gasteiger partial charge in [0.05, 0.1) is 22.5 Å². The van der Waals surface area contributed by atoms with Gasteiger partial charge in [0.15, 0.2) is 0 Å². The van der Waals surface area contributed by atoms with Crippen molar-refractivity contribution < 1.29 is 14.7 Å². The number of hydrogen-bond donors (Lipinski definition) is 2. The standard InChI is InChI=1S/C13H11N3O3/c1-7-5-6-10(16-15-7)8-3-2-4-9(13(18)19)11(8)12(14)17/h2-6H,1H3,(H2,14,17)(H,18,19). The predicted molar refractivity (Wildman–Crippen MR) is 67.7 cm³/mol. The highest BCUT2D eigenvalue weighted by Crippen LogP contribution is 2.24. The van der Waals surface area contributed by atoms with Crippen LogP contribution in [0.4, 0.5) is 0 Å². The number of carboxylic acids is 1. The van der Waals surface area contributed by atoms with E-state index in [1.807, 2.05) is 0 Å². The van der Waals surface area contributed by atoms with Crippen molar-refractivity contribution in [3.05, 3.63) is 47.2 Å². The molecular formula is C13H11N3O3. The Balaban J connectivity index is 2.69. The lowest BCUT2D eigenvalue weighted by molar-refractivity contribution is 0.0692. The minimum absolute atomic E-state index is 0.0619. The third kappa shape index (κ3) is 2.42. The largest absolute Gasteiger partial charge is 0.478 e. The molecule has 96 valence electrons. The van der Waals surface area contributed by atoms with Gasteiger partial charge in [0, 0.05) is 5.56 Å². The van der Waals surface area contributed by atoms with Gasteiger partial charge in [-0.05, 0) is 25.1 Å². The van der Waals surface area contributed by atoms with Crippen LogP contribution in [0.1, 0.15) is 26.4 Å². The van der Waals surface area contributed by atoms with Crippen LogP contribution in [-0.4, -0.2) is 27.2 Å². The quantitative estimate of drug-likeness (QED) is 0.860. The number of nitrogens with two attached hydrogens (primary N) is 1. The summed E-state index contributed by atoms with van der Waals surface area (Å²) in [4.78, 5) is 22.6. The Morgan fingerprint density at radius 2 is 1.89 bits per heavy atom. The van der Waals surface area contributed by atoms with E-state index in [0.717, 1.165) is 5.69 Å². The number of rotatable bonds is 3. The molecule has 0 radical (unpaired) electrons. The van der Waals surface area contributed by atoms with Crippen molar-refractivity contribution in [3.63, 3.8) is 0 Å². The van der Waals surface area contributed by atoms with E-state index in [-0.39, 0.29) is 11.1 Å². The van der Waals surface area contributed by atoms with Gasteiger partial charge in [0.1, 0.15) is 0 Å². The van der Waals surface area contributed by atoms with Crippen LogP contribution in [0.5, 0.6) is 0 Å². The maximum atomic E-state index is 11.5. The molecule has 0 saturated carbocycles. The number of carboxylic acid groups (broad SMARTS) is 1. The lowest BCUT2D eigenvalue weighted by Crippen LogP contribution is -2.18. The van der Waals surface area contributed by atoms with Crippen LogP contribution in [0.25, 0.3) is 11.3 Å². The summed E-state index contributed by atoms with van der Waals surface area (Å²) >= 11 is 0. The number of nitrogens with zero attached hydrogens (tertiary/aromatic N) is 2. The predicted octanol–water partition coefficient (Wildman–Crippen LogP) is 1.25. The molecule has 0 aliphatic heterocycles. The molecule has 3 N–H and O–H groups in total. The smallest absolute Gasteiger partial charge is 0.336 e. The van der Waals surface area contributed by atoms with Crippen molar-refractivity contribution in [2.24, 2.45) is 5.73 Å². The van der Waals surface area contributed by atoms with Gasteiger partial charge in [0.25, 0.3) is 0 Å². The molecule has 0 atom stereocenters. The van der Waals surface area contributed by atoms with Crippen molar-refractivity contribution >= 4 is 11.9 Å². The number of primary amides is 1. The molecule has 0 bridgehead atoms. The summed E-state index contributed by atoms with van der Waals surface area (Å²) in [6, 6.07) is 7.84. The van der Waals surface area contributed by atoms with Gasteiger partial charge in [-0.3, -0.25) is 4.79 Å². The second-order valence-corrected chi connectivity index (χ2v) is 3.96. The van der Waals surface area contributed by atoms with E-state index in [1.165, 1.54) is 12.1 Å². The van der Waals surface area contributed by atoms with E-state index in [9.17, 15) is 9.59 Å². The summed E-state index contributed by atoms with van der Waals surface area (Å²) in [7, 11) is 0. The van der Waals surface area contributed by atoms with Crippen LogP contribution in [0.15, 0.2) is 30.3 Å². The van der Waals surface area contributed by atoms with Crippen LogP contribution in [0, 0.1) is 6.92 Å². The molecule has 0 aliphatic carbocycles. The summed E-state index contributed by atoms with van der Waals surface area (Å²) in [5, 5.41) is 16.9. The van der Waals surface area contributed by atoms with Crippen LogP contribution in [0.3, 0.4) is 0 Å². The molecule has 2 aromatic rings. The number of aromatic carboxylic acids is 1. The number of carbonyl (C=O) groups excluding carboxylic acids is 1. The van der Waals surface area contributed by atoms with E-state index in [2.05, 4.69) is 10.2 Å². The van der Waals surface area contributed by atoms with E-state index >= 15 is 0 Å². The Morgan fingerprint density at radius 1 is 1.16 bits per heavy atom. The van der Waals surface area contributed by atoms with Crippen LogP contribution in [-0.2, 0) is 0 Å². The first kappa shape index (κ1) is 12.7. The van der Waals surface area contributed by atoms with E-state index in [4.69, 9.17) is 10.8 Å². The fourth-order valence-corrected chi connectivity index (χ4v) is 1.75. The Morgan fingerprint density at radius 3 is 2.42 bits per heavy atom. The number of aromatic nitrogens is 2. The van der Waals surface area contributed by atoms with Gasteiger partial charge in [-0.2, -0.15) is 10.2 Å². The average molecular weight is 257 g/mol. The Kier molecular flexibility index (Phi) is 3.24. The lowest BCUT2D eigenvalue weighted by atomic mass is 9.98. The van der Waals surface area contributed by atoms with Crippen molar-refractivity contribution in [1.82, 2.24) is 10.2 Å². The molecule has 1 aromatic carbocycles. The van der Waals surface area contributed by atoms with Crippen LogP contribution >= 0.6 is 0 Å². The molecule has 0 saturated heterocycles. The monoisotopic (exact) mass is 257 g/mol. The van der Waals surface area contributed by atoms with Gasteiger partial charge in [-0.1, -0.05) is 12.1 Å². The number of aryl methyl sites for hydroxylation is 1. The maximum absolute atomic E-state index is 11.5. The maximum Gasteiger partial charge on any atom is 0.336 e. The van der Waals surface area contributed by atoms with Crippen LogP contribution < -0.4 is 5.73 Å². The highest BCUT2D eigenvalue weighted by Gasteiger charge is 2.19. The Labute approximate surface area is 108 Å². The van der Waals surface area contributed by atoms with E-state index in [1.54, 1.807) is 25.1 Å². The molecule has 0 aliphatic rings. The number of amides is 1. The zero-order valence-electron chi connectivity index (χ0n) is 10.1. The molecule has 0 unspecified atom stereocenters. The zero-order valence-corrected chi connectivity index (χ0v) is 10.1. The normalized spacial score (nSPS) is 10.2. The van der Waals surface area contributed by atoms with Crippen molar-refractivity contribution in [3.8, 4) is 11.3 Å². The van der Waals surface area contributed by atoms with Gasteiger partial charge in [-0.25, -0.2) is 4.79 Å². The Hall–Kier alpha value is -2.76. The van der Waals surface area contributed by atoms with Crippen molar-refractivity contribution in [2.75, 3.05) is 0 Å². The fourth-order valence-electron chi connectivity index (χ4n) is 1.75. The van der Waals surface area contributed by atoms with Gasteiger partial charge in [-0.15, -0.1) is 0 Å². The molecule has 2 rings (SSSR count). The van der Waals surface area contributed by atoms with E-state index < -0.39 is 11.9 Å². The van der Waals surface area contributed by atoms with Crippen molar-refractivity contribution in [1.29, 1.82) is 0 Å². The molecule has 0 spiro atoms. The van der Waals surface area contributed by atoms with E-state index in [0.29, 0.717) is 11.3 Å². The molecule has 1 aromatic heterocycles. The minimum atomic E-state index is -1.21. The first-order valence-electron chi connectivity index (χ1n) is 5.47. The minimum Gasteiger partial charge on any atom is -0.478 e. The summed E-state index contributed by atoms with van der Waals surface area (Å²) in [5.74, 6) is -2.02. The lowest BCUT2D eigenvalue weighted by Gasteiger charge is -2.08. The topological polar surface area (TPSA) is 106 Å². The number of hydrogen-bond acceptors (Lipinski definition) is 4.